The number of hydrogen-bond acceptors (Lipinski definition) is 4. The highest BCUT2D eigenvalue weighted by atomic mass is 35.5. The predicted octanol–water partition coefficient (Wildman–Crippen LogP) is 6.24. The number of benzene rings is 3. The lowest BCUT2D eigenvalue weighted by Crippen LogP contribution is -1.88. The Hall–Kier alpha value is -2.34. The molecule has 4 nitrogen and oxygen atoms in total. The van der Waals surface area contributed by atoms with Crippen LogP contribution in [-0.4, -0.2) is 10.2 Å². The van der Waals surface area contributed by atoms with Crippen molar-refractivity contribution in [3.63, 3.8) is 0 Å². The summed E-state index contributed by atoms with van der Waals surface area (Å²) in [7, 11) is 0. The minimum atomic E-state index is 0.516. The van der Waals surface area contributed by atoms with Gasteiger partial charge < -0.3 is 10.5 Å². The smallest absolute Gasteiger partial charge is 0.153 e. The number of hydrogen-bond donors (Lipinski definition) is 3. The van der Waals surface area contributed by atoms with Crippen molar-refractivity contribution in [2.75, 3.05) is 10.5 Å². The number of nitrogens with one attached hydrogen (secondary N) is 2. The van der Waals surface area contributed by atoms with Gasteiger partial charge in [0, 0.05) is 16.0 Å². The summed E-state index contributed by atoms with van der Waals surface area (Å²) in [5.74, 6) is 0.516. The highest BCUT2D eigenvalue weighted by Gasteiger charge is 2.07. The number of nitrogens with zero attached hydrogens (tertiary/aromatic N) is 1. The van der Waals surface area contributed by atoms with Gasteiger partial charge in [-0.05, 0) is 59.5 Å². The molecule has 0 atom stereocenters. The third-order valence-electron chi connectivity index (χ3n) is 4.01. The average molecular weight is 401 g/mol. The first kappa shape index (κ1) is 17.1. The number of aromatic amines is 1. The van der Waals surface area contributed by atoms with Crippen LogP contribution in [0.3, 0.4) is 0 Å². The highest BCUT2D eigenvalue weighted by molar-refractivity contribution is 8.00. The van der Waals surface area contributed by atoms with Gasteiger partial charge in [-0.2, -0.15) is 5.10 Å². The predicted molar refractivity (Wildman–Crippen MR) is 112 cm³/mol. The summed E-state index contributed by atoms with van der Waals surface area (Å²) in [6.07, 6.45) is 0. The van der Waals surface area contributed by atoms with Gasteiger partial charge in [-0.3, -0.25) is 5.10 Å². The summed E-state index contributed by atoms with van der Waals surface area (Å²) in [6.45, 7) is 0. The Kier molecular flexibility index (Phi) is 4.68. The summed E-state index contributed by atoms with van der Waals surface area (Å²) in [5.41, 5.74) is 9.92. The van der Waals surface area contributed by atoms with Crippen LogP contribution in [0.25, 0.3) is 22.0 Å². The number of nitrogens with two attached hydrogens (primary N) is 1. The largest absolute Gasteiger partial charge is 0.382 e. The van der Waals surface area contributed by atoms with E-state index in [0.717, 1.165) is 32.6 Å². The SMILES string of the molecule is Nc1n[nH]c2cc(-c3ccc(NSc4cccc(Cl)c4Cl)cc3)ccc12. The Balaban J connectivity index is 1.51. The zero-order valence-electron chi connectivity index (χ0n) is 13.5. The van der Waals surface area contributed by atoms with E-state index in [4.69, 9.17) is 28.9 Å². The van der Waals surface area contributed by atoms with Crippen LogP contribution in [-0.2, 0) is 0 Å². The maximum Gasteiger partial charge on any atom is 0.153 e. The Morgan fingerprint density at radius 3 is 2.54 bits per heavy atom. The molecule has 0 spiro atoms. The zero-order valence-corrected chi connectivity index (χ0v) is 15.8. The Bertz CT molecular complexity index is 1080. The van der Waals surface area contributed by atoms with Crippen LogP contribution in [0, 0.1) is 0 Å². The van der Waals surface area contributed by atoms with Gasteiger partial charge in [0.25, 0.3) is 0 Å². The summed E-state index contributed by atoms with van der Waals surface area (Å²) in [5, 5.41) is 9.00. The van der Waals surface area contributed by atoms with Crippen molar-refractivity contribution in [3.05, 3.63) is 70.7 Å². The van der Waals surface area contributed by atoms with Crippen molar-refractivity contribution in [2.24, 2.45) is 0 Å². The van der Waals surface area contributed by atoms with E-state index in [1.165, 1.54) is 11.9 Å². The van der Waals surface area contributed by atoms with Crippen molar-refractivity contribution < 1.29 is 0 Å². The molecular weight excluding hydrogens is 387 g/mol. The molecule has 4 rings (SSSR count). The third-order valence-corrected chi connectivity index (χ3v) is 5.83. The molecule has 0 aliphatic rings. The van der Waals surface area contributed by atoms with Gasteiger partial charge in [0.2, 0.25) is 0 Å². The van der Waals surface area contributed by atoms with E-state index in [0.29, 0.717) is 15.9 Å². The molecule has 0 amide bonds. The van der Waals surface area contributed by atoms with Crippen molar-refractivity contribution in [3.8, 4) is 11.1 Å². The average Bonchev–Trinajstić information content (AvgIpc) is 3.04. The van der Waals surface area contributed by atoms with Crippen LogP contribution < -0.4 is 10.5 Å². The Labute approximate surface area is 164 Å². The molecule has 0 fully saturated rings. The van der Waals surface area contributed by atoms with Gasteiger partial charge >= 0.3 is 0 Å². The van der Waals surface area contributed by atoms with Crippen LogP contribution in [0.15, 0.2) is 65.6 Å². The second-order valence-corrected chi connectivity index (χ2v) is 7.34. The summed E-state index contributed by atoms with van der Waals surface area (Å²) in [6, 6.07) is 19.8. The van der Waals surface area contributed by atoms with E-state index in [9.17, 15) is 0 Å². The lowest BCUT2D eigenvalue weighted by Gasteiger charge is -2.09. The fraction of sp³-hybridized carbons (Fsp3) is 0. The van der Waals surface area contributed by atoms with E-state index >= 15 is 0 Å². The van der Waals surface area contributed by atoms with Crippen molar-refractivity contribution in [2.45, 2.75) is 4.90 Å². The first-order valence-electron chi connectivity index (χ1n) is 7.83. The molecule has 4 aromatic rings. The minimum Gasteiger partial charge on any atom is -0.382 e. The van der Waals surface area contributed by atoms with E-state index in [1.807, 2.05) is 42.5 Å². The maximum atomic E-state index is 6.20. The molecule has 0 aliphatic carbocycles. The number of H-pyrrole nitrogens is 1. The number of halogens is 2. The fourth-order valence-corrected chi connectivity index (χ4v) is 3.81. The molecule has 0 saturated heterocycles. The Morgan fingerprint density at radius 2 is 1.73 bits per heavy atom. The quantitative estimate of drug-likeness (QED) is 0.354. The van der Waals surface area contributed by atoms with Crippen LogP contribution >= 0.6 is 35.1 Å². The first-order valence-corrected chi connectivity index (χ1v) is 9.40. The molecule has 3 aromatic carbocycles. The van der Waals surface area contributed by atoms with Gasteiger partial charge in [-0.15, -0.1) is 0 Å². The number of fused-ring (bicyclic) bond motifs is 1. The molecule has 26 heavy (non-hydrogen) atoms. The number of nitrogen functional groups attached to an aromatic ring is 1. The molecule has 1 aromatic heterocycles. The van der Waals surface area contributed by atoms with Gasteiger partial charge in [-0.25, -0.2) is 0 Å². The molecule has 0 bridgehead atoms. The standard InChI is InChI=1S/C19H14Cl2N4S/c20-15-2-1-3-17(18(15)21)26-25-13-7-4-11(5-8-13)12-6-9-14-16(10-12)23-24-19(14)22/h1-10,25H,(H3,22,23,24). The van der Waals surface area contributed by atoms with Gasteiger partial charge in [0.15, 0.2) is 5.82 Å². The zero-order chi connectivity index (χ0) is 18.1. The lowest BCUT2D eigenvalue weighted by atomic mass is 10.0. The molecule has 0 radical (unpaired) electrons. The topological polar surface area (TPSA) is 66.7 Å². The van der Waals surface area contributed by atoms with E-state index in [1.54, 1.807) is 6.07 Å². The van der Waals surface area contributed by atoms with Crippen molar-refractivity contribution >= 4 is 57.6 Å². The lowest BCUT2D eigenvalue weighted by molar-refractivity contribution is 1.13. The minimum absolute atomic E-state index is 0.516. The van der Waals surface area contributed by atoms with Crippen molar-refractivity contribution in [1.82, 2.24) is 10.2 Å². The molecule has 7 heteroatoms. The van der Waals surface area contributed by atoms with Crippen molar-refractivity contribution in [1.29, 1.82) is 0 Å². The highest BCUT2D eigenvalue weighted by Crippen LogP contribution is 2.34. The maximum absolute atomic E-state index is 6.20. The molecule has 1 heterocycles. The van der Waals surface area contributed by atoms with Crippen LogP contribution in [0.2, 0.25) is 10.0 Å². The normalized spacial score (nSPS) is 11.0. The first-order chi connectivity index (χ1) is 12.6. The summed E-state index contributed by atoms with van der Waals surface area (Å²) in [4.78, 5) is 0.880. The van der Waals surface area contributed by atoms with E-state index < -0.39 is 0 Å². The van der Waals surface area contributed by atoms with Gasteiger partial charge in [-0.1, -0.05) is 47.5 Å². The van der Waals surface area contributed by atoms with Gasteiger partial charge in [0.05, 0.1) is 15.6 Å². The van der Waals surface area contributed by atoms with E-state index in [2.05, 4.69) is 27.1 Å². The second kappa shape index (κ2) is 7.11. The molecule has 0 aliphatic heterocycles. The molecular formula is C19H14Cl2N4S. The summed E-state index contributed by atoms with van der Waals surface area (Å²) >= 11 is 13.7. The molecule has 4 N–H and O–H groups in total. The van der Waals surface area contributed by atoms with Crippen LogP contribution in [0.5, 0.6) is 0 Å². The number of rotatable bonds is 4. The second-order valence-electron chi connectivity index (χ2n) is 5.70. The van der Waals surface area contributed by atoms with E-state index in [-0.39, 0.29) is 0 Å². The molecule has 0 unspecified atom stereocenters. The number of aromatic nitrogens is 2. The molecule has 130 valence electrons. The fourth-order valence-electron chi connectivity index (χ4n) is 2.63. The Morgan fingerprint density at radius 1 is 0.962 bits per heavy atom. The van der Waals surface area contributed by atoms with Crippen LogP contribution in [0.1, 0.15) is 0 Å². The van der Waals surface area contributed by atoms with Gasteiger partial charge in [0.1, 0.15) is 0 Å². The molecule has 0 saturated carbocycles. The number of anilines is 2. The monoisotopic (exact) mass is 400 g/mol. The van der Waals surface area contributed by atoms with Crippen LogP contribution in [0.4, 0.5) is 11.5 Å². The third kappa shape index (κ3) is 3.33. The summed E-state index contributed by atoms with van der Waals surface area (Å²) < 4.78 is 3.28.